The predicted molar refractivity (Wildman–Crippen MR) is 70.2 cm³/mol. The third-order valence-corrected chi connectivity index (χ3v) is 3.20. The maximum atomic E-state index is 5.74. The zero-order valence-corrected chi connectivity index (χ0v) is 10.8. The zero-order chi connectivity index (χ0) is 13.2. The van der Waals surface area contributed by atoms with Crippen molar-refractivity contribution in [2.45, 2.75) is 19.9 Å². The Balaban J connectivity index is 2.03. The van der Waals surface area contributed by atoms with Crippen molar-refractivity contribution in [2.75, 3.05) is 13.2 Å². The summed E-state index contributed by atoms with van der Waals surface area (Å²) in [6.07, 6.45) is 0.888. The van der Waals surface area contributed by atoms with Crippen LogP contribution >= 0.6 is 0 Å². The molecule has 0 atom stereocenters. The Kier molecular flexibility index (Phi) is 3.13. The predicted octanol–water partition coefficient (Wildman–Crippen LogP) is 2.27. The van der Waals surface area contributed by atoms with Gasteiger partial charge in [0, 0.05) is 24.1 Å². The molecule has 0 saturated carbocycles. The Morgan fingerprint density at radius 2 is 2.00 bits per heavy atom. The first-order valence-electron chi connectivity index (χ1n) is 6.35. The van der Waals surface area contributed by atoms with Gasteiger partial charge < -0.3 is 19.7 Å². The summed E-state index contributed by atoms with van der Waals surface area (Å²) in [5.41, 5.74) is 8.40. The molecule has 2 aromatic rings. The van der Waals surface area contributed by atoms with Gasteiger partial charge in [-0.25, -0.2) is 0 Å². The molecule has 2 N–H and O–H groups in total. The van der Waals surface area contributed by atoms with Crippen LogP contribution in [-0.2, 0) is 6.54 Å². The van der Waals surface area contributed by atoms with E-state index < -0.39 is 0 Å². The van der Waals surface area contributed by atoms with Gasteiger partial charge in [0.2, 0.25) is 0 Å². The highest BCUT2D eigenvalue weighted by atomic mass is 16.5. The average molecular weight is 260 g/mol. The summed E-state index contributed by atoms with van der Waals surface area (Å²) in [6.45, 7) is 3.63. The number of hydrogen-bond donors (Lipinski definition) is 1. The summed E-state index contributed by atoms with van der Waals surface area (Å²) < 4.78 is 16.6. The van der Waals surface area contributed by atoms with Crippen LogP contribution in [0.25, 0.3) is 11.3 Å². The van der Waals surface area contributed by atoms with Crippen molar-refractivity contribution in [1.82, 2.24) is 5.16 Å². The van der Waals surface area contributed by atoms with Crippen LogP contribution in [0.2, 0.25) is 0 Å². The van der Waals surface area contributed by atoms with E-state index in [2.05, 4.69) is 5.16 Å². The molecule has 0 radical (unpaired) electrons. The number of nitrogens with zero attached hydrogens (tertiary/aromatic N) is 1. The van der Waals surface area contributed by atoms with Crippen molar-refractivity contribution in [2.24, 2.45) is 5.73 Å². The average Bonchev–Trinajstić information content (AvgIpc) is 2.66. The largest absolute Gasteiger partial charge is 0.490 e. The molecule has 0 fully saturated rings. The molecule has 1 aromatic heterocycles. The van der Waals surface area contributed by atoms with Crippen molar-refractivity contribution in [1.29, 1.82) is 0 Å². The lowest BCUT2D eigenvalue weighted by atomic mass is 10.1. The summed E-state index contributed by atoms with van der Waals surface area (Å²) in [5.74, 6) is 2.22. The molecule has 1 aliphatic heterocycles. The van der Waals surface area contributed by atoms with Gasteiger partial charge in [0.1, 0.15) is 0 Å². The van der Waals surface area contributed by atoms with Gasteiger partial charge in [-0.1, -0.05) is 5.16 Å². The zero-order valence-electron chi connectivity index (χ0n) is 10.8. The van der Waals surface area contributed by atoms with Crippen molar-refractivity contribution < 1.29 is 14.0 Å². The van der Waals surface area contributed by atoms with Crippen LogP contribution in [-0.4, -0.2) is 18.4 Å². The van der Waals surface area contributed by atoms with E-state index in [-0.39, 0.29) is 0 Å². The topological polar surface area (TPSA) is 70.5 Å². The molecule has 0 bridgehead atoms. The molecule has 2 heterocycles. The van der Waals surface area contributed by atoms with Gasteiger partial charge >= 0.3 is 0 Å². The minimum Gasteiger partial charge on any atom is -0.490 e. The van der Waals surface area contributed by atoms with E-state index in [4.69, 9.17) is 19.7 Å². The van der Waals surface area contributed by atoms with Gasteiger partial charge in [-0.15, -0.1) is 0 Å². The highest BCUT2D eigenvalue weighted by molar-refractivity contribution is 5.66. The summed E-state index contributed by atoms with van der Waals surface area (Å²) >= 11 is 0. The van der Waals surface area contributed by atoms with Crippen LogP contribution in [0, 0.1) is 6.92 Å². The van der Waals surface area contributed by atoms with E-state index in [0.29, 0.717) is 25.5 Å². The maximum Gasteiger partial charge on any atom is 0.171 e. The first-order chi connectivity index (χ1) is 9.29. The van der Waals surface area contributed by atoms with Gasteiger partial charge in [0.05, 0.1) is 18.9 Å². The van der Waals surface area contributed by atoms with E-state index >= 15 is 0 Å². The number of rotatable bonds is 2. The lowest BCUT2D eigenvalue weighted by molar-refractivity contribution is 0.297. The Labute approximate surface area is 111 Å². The summed E-state index contributed by atoms with van der Waals surface area (Å²) in [6, 6.07) is 5.75. The number of nitrogens with two attached hydrogens (primary N) is 1. The molecule has 19 heavy (non-hydrogen) atoms. The number of aromatic nitrogens is 1. The van der Waals surface area contributed by atoms with Crippen molar-refractivity contribution >= 4 is 0 Å². The Bertz CT molecular complexity index is 592. The first-order valence-corrected chi connectivity index (χ1v) is 6.35. The number of ether oxygens (including phenoxy) is 2. The van der Waals surface area contributed by atoms with Crippen LogP contribution in [0.1, 0.15) is 17.7 Å². The molecule has 0 aliphatic carbocycles. The molecule has 0 unspecified atom stereocenters. The second kappa shape index (κ2) is 4.93. The highest BCUT2D eigenvalue weighted by Gasteiger charge is 2.17. The van der Waals surface area contributed by atoms with Gasteiger partial charge in [-0.05, 0) is 25.1 Å². The standard InChI is InChI=1S/C14H16N2O3/c1-9-11(8-15)14(19-16-9)10-3-4-12-13(7-10)18-6-2-5-17-12/h3-4,7H,2,5-6,8,15H2,1H3. The minimum atomic E-state index is 0.402. The van der Waals surface area contributed by atoms with E-state index in [1.807, 2.05) is 25.1 Å². The minimum absolute atomic E-state index is 0.402. The summed E-state index contributed by atoms with van der Waals surface area (Å²) in [4.78, 5) is 0. The van der Waals surface area contributed by atoms with E-state index in [1.165, 1.54) is 0 Å². The quantitative estimate of drug-likeness (QED) is 0.896. The third kappa shape index (κ3) is 2.17. The number of benzene rings is 1. The van der Waals surface area contributed by atoms with Gasteiger partial charge in [-0.2, -0.15) is 0 Å². The Morgan fingerprint density at radius 3 is 2.79 bits per heavy atom. The summed E-state index contributed by atoms with van der Waals surface area (Å²) in [5, 5.41) is 3.97. The SMILES string of the molecule is Cc1noc(-c2ccc3c(c2)OCCCO3)c1CN. The normalized spacial score (nSPS) is 14.2. The van der Waals surface area contributed by atoms with Crippen molar-refractivity contribution in [3.63, 3.8) is 0 Å². The monoisotopic (exact) mass is 260 g/mol. The fraction of sp³-hybridized carbons (Fsp3) is 0.357. The molecule has 0 saturated heterocycles. The molecule has 5 heteroatoms. The molecule has 1 aliphatic rings. The Hall–Kier alpha value is -2.01. The van der Waals surface area contributed by atoms with Crippen LogP contribution in [0.5, 0.6) is 11.5 Å². The maximum absolute atomic E-state index is 5.74. The molecule has 1 aromatic carbocycles. The lowest BCUT2D eigenvalue weighted by Gasteiger charge is -2.08. The van der Waals surface area contributed by atoms with Crippen LogP contribution in [0.3, 0.4) is 0 Å². The molecular weight excluding hydrogens is 244 g/mol. The van der Waals surface area contributed by atoms with Crippen molar-refractivity contribution in [3.05, 3.63) is 29.5 Å². The first kappa shape index (κ1) is 12.0. The van der Waals surface area contributed by atoms with Gasteiger partial charge in [0.15, 0.2) is 17.3 Å². The fourth-order valence-corrected chi connectivity index (χ4v) is 2.16. The Morgan fingerprint density at radius 1 is 1.21 bits per heavy atom. The van der Waals surface area contributed by atoms with Crippen molar-refractivity contribution in [3.8, 4) is 22.8 Å². The van der Waals surface area contributed by atoms with E-state index in [0.717, 1.165) is 34.7 Å². The molecule has 3 rings (SSSR count). The van der Waals surface area contributed by atoms with E-state index in [9.17, 15) is 0 Å². The number of aryl methyl sites for hydroxylation is 1. The van der Waals surface area contributed by atoms with Crippen LogP contribution in [0.4, 0.5) is 0 Å². The second-order valence-corrected chi connectivity index (χ2v) is 4.49. The highest BCUT2D eigenvalue weighted by Crippen LogP contribution is 2.35. The van der Waals surface area contributed by atoms with E-state index in [1.54, 1.807) is 0 Å². The molecular formula is C14H16N2O3. The number of hydrogen-bond acceptors (Lipinski definition) is 5. The van der Waals surface area contributed by atoms with Gasteiger partial charge in [-0.3, -0.25) is 0 Å². The second-order valence-electron chi connectivity index (χ2n) is 4.49. The van der Waals surface area contributed by atoms with Crippen LogP contribution in [0.15, 0.2) is 22.7 Å². The summed E-state index contributed by atoms with van der Waals surface area (Å²) in [7, 11) is 0. The lowest BCUT2D eigenvalue weighted by Crippen LogP contribution is -1.99. The van der Waals surface area contributed by atoms with Gasteiger partial charge in [0.25, 0.3) is 0 Å². The van der Waals surface area contributed by atoms with Crippen LogP contribution < -0.4 is 15.2 Å². The molecule has 0 spiro atoms. The third-order valence-electron chi connectivity index (χ3n) is 3.20. The molecule has 100 valence electrons. The molecule has 5 nitrogen and oxygen atoms in total. The molecule has 0 amide bonds. The fourth-order valence-electron chi connectivity index (χ4n) is 2.16. The number of fused-ring (bicyclic) bond motifs is 1. The smallest absolute Gasteiger partial charge is 0.171 e.